The second-order valence-electron chi connectivity index (χ2n) is 5.39. The Hall–Kier alpha value is -2.44. The van der Waals surface area contributed by atoms with Gasteiger partial charge in [-0.1, -0.05) is 13.8 Å². The fourth-order valence-corrected chi connectivity index (χ4v) is 2.29. The van der Waals surface area contributed by atoms with Crippen LogP contribution < -0.4 is 10.6 Å². The number of amides is 1. The fraction of sp³-hybridized carbons (Fsp3) is 0.500. The van der Waals surface area contributed by atoms with E-state index in [0.29, 0.717) is 24.7 Å². The van der Waals surface area contributed by atoms with E-state index in [0.717, 1.165) is 18.5 Å². The summed E-state index contributed by atoms with van der Waals surface area (Å²) < 4.78 is 1.71. The quantitative estimate of drug-likeness (QED) is 0.727. The summed E-state index contributed by atoms with van der Waals surface area (Å²) in [6, 6.07) is 3.75. The van der Waals surface area contributed by atoms with Gasteiger partial charge in [-0.05, 0) is 25.8 Å². The number of rotatable bonds is 8. The van der Waals surface area contributed by atoms with Crippen molar-refractivity contribution in [3.8, 4) is 5.82 Å². The van der Waals surface area contributed by atoms with Gasteiger partial charge in [-0.2, -0.15) is 5.10 Å². The van der Waals surface area contributed by atoms with Gasteiger partial charge in [-0.3, -0.25) is 4.79 Å². The molecule has 0 bridgehead atoms. The molecule has 0 saturated heterocycles. The smallest absolute Gasteiger partial charge is 0.223 e. The molecule has 2 rings (SSSR count). The highest BCUT2D eigenvalue weighted by atomic mass is 16.1. The molecule has 0 spiro atoms. The zero-order valence-corrected chi connectivity index (χ0v) is 13.9. The zero-order chi connectivity index (χ0) is 16.7. The highest BCUT2D eigenvalue weighted by Crippen LogP contribution is 2.09. The van der Waals surface area contributed by atoms with Crippen molar-refractivity contribution in [3.05, 3.63) is 30.4 Å². The van der Waals surface area contributed by atoms with Crippen molar-refractivity contribution in [2.45, 2.75) is 33.6 Å². The molecule has 0 saturated carbocycles. The van der Waals surface area contributed by atoms with Gasteiger partial charge >= 0.3 is 0 Å². The van der Waals surface area contributed by atoms with Crippen LogP contribution in [-0.4, -0.2) is 38.7 Å². The van der Waals surface area contributed by atoms with E-state index in [1.807, 2.05) is 39.1 Å². The number of carbonyl (C=O) groups is 1. The Labute approximate surface area is 136 Å². The van der Waals surface area contributed by atoms with E-state index in [2.05, 4.69) is 25.7 Å². The summed E-state index contributed by atoms with van der Waals surface area (Å²) in [6.45, 7) is 7.17. The summed E-state index contributed by atoms with van der Waals surface area (Å²) in [5.41, 5.74) is 0.933. The van der Waals surface area contributed by atoms with E-state index in [9.17, 15) is 4.79 Å². The molecule has 23 heavy (non-hydrogen) atoms. The minimum absolute atomic E-state index is 0.101. The van der Waals surface area contributed by atoms with Crippen LogP contribution in [0, 0.1) is 12.8 Å². The number of carbonyl (C=O) groups excluding carboxylic acids is 1. The molecule has 0 radical (unpaired) electrons. The maximum absolute atomic E-state index is 11.9. The third-order valence-corrected chi connectivity index (χ3v) is 3.70. The van der Waals surface area contributed by atoms with Crippen LogP contribution in [0.25, 0.3) is 5.82 Å². The predicted octanol–water partition coefficient (Wildman–Crippen LogP) is 1.94. The van der Waals surface area contributed by atoms with Crippen molar-refractivity contribution in [2.24, 2.45) is 5.92 Å². The van der Waals surface area contributed by atoms with E-state index >= 15 is 0 Å². The van der Waals surface area contributed by atoms with Crippen LogP contribution in [0.2, 0.25) is 0 Å². The van der Waals surface area contributed by atoms with Gasteiger partial charge in [0.05, 0.1) is 5.69 Å². The van der Waals surface area contributed by atoms with Crippen molar-refractivity contribution in [2.75, 3.05) is 18.4 Å². The summed E-state index contributed by atoms with van der Waals surface area (Å²) in [7, 11) is 0. The molecule has 0 unspecified atom stereocenters. The largest absolute Gasteiger partial charge is 0.368 e. The van der Waals surface area contributed by atoms with Gasteiger partial charge in [0, 0.05) is 31.3 Å². The summed E-state index contributed by atoms with van der Waals surface area (Å²) in [6.07, 6.45) is 5.09. The van der Waals surface area contributed by atoms with Crippen molar-refractivity contribution in [3.63, 3.8) is 0 Å². The lowest BCUT2D eigenvalue weighted by Gasteiger charge is -2.13. The summed E-state index contributed by atoms with van der Waals surface area (Å²) in [4.78, 5) is 20.3. The molecule has 0 fully saturated rings. The summed E-state index contributed by atoms with van der Waals surface area (Å²) >= 11 is 0. The third kappa shape index (κ3) is 4.77. The van der Waals surface area contributed by atoms with Crippen molar-refractivity contribution in [1.82, 2.24) is 25.1 Å². The summed E-state index contributed by atoms with van der Waals surface area (Å²) in [5.74, 6) is 1.63. The molecule has 7 heteroatoms. The average Bonchev–Trinajstić information content (AvgIpc) is 3.00. The third-order valence-electron chi connectivity index (χ3n) is 3.70. The van der Waals surface area contributed by atoms with Crippen molar-refractivity contribution >= 4 is 11.7 Å². The number of nitrogens with zero attached hydrogens (tertiary/aromatic N) is 4. The molecule has 2 heterocycles. The van der Waals surface area contributed by atoms with E-state index in [4.69, 9.17) is 0 Å². The number of nitrogens with one attached hydrogen (secondary N) is 2. The molecule has 0 aliphatic carbocycles. The zero-order valence-electron chi connectivity index (χ0n) is 13.9. The second-order valence-corrected chi connectivity index (χ2v) is 5.39. The van der Waals surface area contributed by atoms with Crippen LogP contribution in [0.5, 0.6) is 0 Å². The maximum atomic E-state index is 11.9. The van der Waals surface area contributed by atoms with Crippen LogP contribution in [-0.2, 0) is 4.79 Å². The number of anilines is 1. The highest BCUT2D eigenvalue weighted by Gasteiger charge is 2.12. The minimum atomic E-state index is 0.101. The Morgan fingerprint density at radius 1 is 1.26 bits per heavy atom. The van der Waals surface area contributed by atoms with Gasteiger partial charge < -0.3 is 10.6 Å². The van der Waals surface area contributed by atoms with Crippen LogP contribution >= 0.6 is 0 Å². The number of hydrogen-bond donors (Lipinski definition) is 2. The van der Waals surface area contributed by atoms with Gasteiger partial charge in [0.25, 0.3) is 0 Å². The van der Waals surface area contributed by atoms with Crippen LogP contribution in [0.15, 0.2) is 24.7 Å². The van der Waals surface area contributed by atoms with Crippen LogP contribution in [0.1, 0.15) is 32.4 Å². The number of hydrogen-bond acceptors (Lipinski definition) is 5. The minimum Gasteiger partial charge on any atom is -0.368 e. The molecule has 2 N–H and O–H groups in total. The first kappa shape index (κ1) is 16.9. The van der Waals surface area contributed by atoms with Gasteiger partial charge in [-0.25, -0.2) is 14.6 Å². The molecule has 0 atom stereocenters. The molecule has 0 aliphatic rings. The van der Waals surface area contributed by atoms with Crippen LogP contribution in [0.4, 0.5) is 5.82 Å². The van der Waals surface area contributed by atoms with Gasteiger partial charge in [0.1, 0.15) is 12.1 Å². The molecule has 124 valence electrons. The average molecular weight is 316 g/mol. The lowest BCUT2D eigenvalue weighted by molar-refractivity contribution is -0.125. The summed E-state index contributed by atoms with van der Waals surface area (Å²) in [5, 5.41) is 10.4. The standard InChI is InChI=1S/C16H24N6O/c1-4-13(5-2)16(23)18-8-7-17-14-10-15(20-11-19-14)22-9-6-12(3)21-22/h6,9-11,13H,4-5,7-8H2,1-3H3,(H,18,23)(H,17,19,20). The first-order valence-corrected chi connectivity index (χ1v) is 8.00. The Bertz CT molecular complexity index is 635. The molecule has 1 amide bonds. The Morgan fingerprint density at radius 3 is 2.70 bits per heavy atom. The van der Waals surface area contributed by atoms with Gasteiger partial charge in [-0.15, -0.1) is 0 Å². The molecular formula is C16H24N6O. The van der Waals surface area contributed by atoms with E-state index < -0.39 is 0 Å². The second kappa shape index (κ2) is 8.26. The SMILES string of the molecule is CCC(CC)C(=O)NCCNc1cc(-n2ccc(C)n2)ncn1. The predicted molar refractivity (Wildman–Crippen MR) is 89.5 cm³/mol. The monoisotopic (exact) mass is 316 g/mol. The van der Waals surface area contributed by atoms with E-state index in [-0.39, 0.29) is 11.8 Å². The van der Waals surface area contributed by atoms with Gasteiger partial charge in [0.15, 0.2) is 5.82 Å². The Kier molecular flexibility index (Phi) is 6.08. The molecule has 2 aromatic rings. The fourth-order valence-electron chi connectivity index (χ4n) is 2.29. The lowest BCUT2D eigenvalue weighted by Crippen LogP contribution is -2.33. The lowest BCUT2D eigenvalue weighted by atomic mass is 10.0. The first-order chi connectivity index (χ1) is 11.1. The molecular weight excluding hydrogens is 292 g/mol. The van der Waals surface area contributed by atoms with Gasteiger partial charge in [0.2, 0.25) is 5.91 Å². The normalized spacial score (nSPS) is 10.8. The topological polar surface area (TPSA) is 84.7 Å². The highest BCUT2D eigenvalue weighted by molar-refractivity contribution is 5.78. The molecule has 7 nitrogen and oxygen atoms in total. The van der Waals surface area contributed by atoms with Crippen LogP contribution in [0.3, 0.4) is 0 Å². The van der Waals surface area contributed by atoms with Crippen molar-refractivity contribution in [1.29, 1.82) is 0 Å². The molecule has 0 aliphatic heterocycles. The Balaban J connectivity index is 1.83. The maximum Gasteiger partial charge on any atom is 0.223 e. The molecule has 2 aromatic heterocycles. The van der Waals surface area contributed by atoms with E-state index in [1.165, 1.54) is 6.33 Å². The molecule has 0 aromatic carbocycles. The number of aromatic nitrogens is 4. The number of aryl methyl sites for hydroxylation is 1. The first-order valence-electron chi connectivity index (χ1n) is 8.00. The van der Waals surface area contributed by atoms with Crippen molar-refractivity contribution < 1.29 is 4.79 Å². The Morgan fingerprint density at radius 2 is 2.04 bits per heavy atom. The van der Waals surface area contributed by atoms with E-state index in [1.54, 1.807) is 4.68 Å².